The van der Waals surface area contributed by atoms with E-state index in [9.17, 15) is 9.59 Å². The number of rotatable bonds is 3. The van der Waals surface area contributed by atoms with Gasteiger partial charge in [-0.2, -0.15) is 0 Å². The summed E-state index contributed by atoms with van der Waals surface area (Å²) in [7, 11) is 2.02. The summed E-state index contributed by atoms with van der Waals surface area (Å²) in [6.07, 6.45) is 3.27. The number of carbonyl (C=O) groups excluding carboxylic acids is 2. The van der Waals surface area contributed by atoms with Crippen LogP contribution in [0.4, 0.5) is 5.69 Å². The minimum Gasteiger partial charge on any atom is -0.354 e. The van der Waals surface area contributed by atoms with Crippen molar-refractivity contribution in [2.24, 2.45) is 0 Å². The lowest BCUT2D eigenvalue weighted by Gasteiger charge is -2.46. The summed E-state index contributed by atoms with van der Waals surface area (Å²) in [5.41, 5.74) is 4.39. The highest BCUT2D eigenvalue weighted by Crippen LogP contribution is 2.34. The fourth-order valence-electron chi connectivity index (χ4n) is 4.10. The highest BCUT2D eigenvalue weighted by molar-refractivity contribution is 6.04. The number of nitrogens with one attached hydrogen (secondary N) is 1. The van der Waals surface area contributed by atoms with Crippen LogP contribution in [0.2, 0.25) is 0 Å². The molecule has 2 heterocycles. The molecule has 2 amide bonds. The Hall–Kier alpha value is -2.82. The first kappa shape index (κ1) is 17.6. The van der Waals surface area contributed by atoms with E-state index in [1.165, 1.54) is 0 Å². The van der Waals surface area contributed by atoms with E-state index in [0.717, 1.165) is 42.6 Å². The maximum Gasteiger partial charge on any atom is 0.257 e. The Balaban J connectivity index is 1.55. The van der Waals surface area contributed by atoms with Gasteiger partial charge in [0.05, 0.1) is 11.3 Å². The monoisotopic (exact) mass is 363 g/mol. The van der Waals surface area contributed by atoms with Crippen molar-refractivity contribution in [1.29, 1.82) is 0 Å². The lowest BCUT2D eigenvalue weighted by molar-refractivity contribution is 0.0589. The number of benzene rings is 2. The molecule has 2 aromatic rings. The Morgan fingerprint density at radius 3 is 2.81 bits per heavy atom. The fraction of sp³-hybridized carbons (Fsp3) is 0.364. The van der Waals surface area contributed by atoms with Gasteiger partial charge < -0.3 is 15.1 Å². The molecule has 1 saturated heterocycles. The van der Waals surface area contributed by atoms with Gasteiger partial charge in [0.1, 0.15) is 6.17 Å². The van der Waals surface area contributed by atoms with Gasteiger partial charge in [-0.05, 0) is 55.5 Å². The van der Waals surface area contributed by atoms with Crippen LogP contribution >= 0.6 is 0 Å². The van der Waals surface area contributed by atoms with Crippen molar-refractivity contribution in [1.82, 2.24) is 10.2 Å². The zero-order valence-corrected chi connectivity index (χ0v) is 15.9. The summed E-state index contributed by atoms with van der Waals surface area (Å²) in [6.45, 7) is 3.34. The van der Waals surface area contributed by atoms with Gasteiger partial charge in [-0.1, -0.05) is 24.3 Å². The van der Waals surface area contributed by atoms with E-state index in [1.54, 1.807) is 12.1 Å². The zero-order valence-electron chi connectivity index (χ0n) is 15.9. The van der Waals surface area contributed by atoms with Crippen LogP contribution in [-0.2, 0) is 6.54 Å². The molecule has 1 N–H and O–H groups in total. The predicted octanol–water partition coefficient (Wildman–Crippen LogP) is 3.33. The van der Waals surface area contributed by atoms with Crippen molar-refractivity contribution >= 4 is 17.5 Å². The third-order valence-electron chi connectivity index (χ3n) is 5.75. The molecule has 5 nitrogen and oxygen atoms in total. The average molecular weight is 363 g/mol. The fourth-order valence-corrected chi connectivity index (χ4v) is 4.10. The molecular weight excluding hydrogens is 338 g/mol. The maximum absolute atomic E-state index is 12.8. The predicted molar refractivity (Wildman–Crippen MR) is 106 cm³/mol. The van der Waals surface area contributed by atoms with Gasteiger partial charge in [-0.25, -0.2) is 0 Å². The molecule has 0 aromatic heterocycles. The number of fused-ring (bicyclic) bond motifs is 2. The number of hydrogen-bond acceptors (Lipinski definition) is 3. The molecule has 140 valence electrons. The smallest absolute Gasteiger partial charge is 0.257 e. The van der Waals surface area contributed by atoms with Crippen LogP contribution < -0.4 is 10.2 Å². The van der Waals surface area contributed by atoms with Crippen molar-refractivity contribution < 1.29 is 9.59 Å². The van der Waals surface area contributed by atoms with Crippen LogP contribution in [-0.4, -0.2) is 36.5 Å². The number of piperidine rings is 1. The number of anilines is 1. The number of amides is 2. The quantitative estimate of drug-likeness (QED) is 0.910. The highest BCUT2D eigenvalue weighted by atomic mass is 16.2. The van der Waals surface area contributed by atoms with E-state index in [2.05, 4.69) is 10.2 Å². The first-order valence-electron chi connectivity index (χ1n) is 9.57. The molecule has 1 atom stereocenters. The molecular formula is C22H25N3O2. The molecule has 2 aliphatic heterocycles. The number of aryl methyl sites for hydroxylation is 1. The van der Waals surface area contributed by atoms with Gasteiger partial charge in [-0.15, -0.1) is 0 Å². The normalized spacial score (nSPS) is 18.7. The van der Waals surface area contributed by atoms with Crippen molar-refractivity contribution in [3.63, 3.8) is 0 Å². The molecule has 0 unspecified atom stereocenters. The Labute approximate surface area is 160 Å². The molecule has 2 aromatic carbocycles. The van der Waals surface area contributed by atoms with Gasteiger partial charge in [0.25, 0.3) is 11.8 Å². The molecule has 4 rings (SSSR count). The Morgan fingerprint density at radius 1 is 1.19 bits per heavy atom. The van der Waals surface area contributed by atoms with E-state index in [-0.39, 0.29) is 18.0 Å². The summed E-state index contributed by atoms with van der Waals surface area (Å²) in [4.78, 5) is 29.6. The summed E-state index contributed by atoms with van der Waals surface area (Å²) in [5.74, 6) is -0.0346. The molecule has 0 aliphatic carbocycles. The van der Waals surface area contributed by atoms with Crippen molar-refractivity contribution in [2.75, 3.05) is 18.5 Å². The van der Waals surface area contributed by atoms with Crippen LogP contribution in [0, 0.1) is 6.92 Å². The summed E-state index contributed by atoms with van der Waals surface area (Å²) in [5, 5.41) is 2.99. The molecule has 27 heavy (non-hydrogen) atoms. The van der Waals surface area contributed by atoms with E-state index in [0.29, 0.717) is 17.7 Å². The van der Waals surface area contributed by atoms with Crippen LogP contribution in [0.25, 0.3) is 0 Å². The lowest BCUT2D eigenvalue weighted by atomic mass is 9.97. The van der Waals surface area contributed by atoms with E-state index < -0.39 is 0 Å². The van der Waals surface area contributed by atoms with Gasteiger partial charge in [0, 0.05) is 25.7 Å². The van der Waals surface area contributed by atoms with Crippen LogP contribution in [0.5, 0.6) is 0 Å². The average Bonchev–Trinajstić information content (AvgIpc) is 2.71. The zero-order chi connectivity index (χ0) is 19.0. The third-order valence-corrected chi connectivity index (χ3v) is 5.75. The van der Waals surface area contributed by atoms with E-state index in [1.807, 2.05) is 49.2 Å². The molecule has 0 radical (unpaired) electrons. The van der Waals surface area contributed by atoms with Gasteiger partial charge >= 0.3 is 0 Å². The standard InChI is InChI=1S/C22H25N3O2/c1-15-7-3-4-8-17(15)14-23-21(26)16-10-11-18-19(13-16)24(2)20-9-5-6-12-25(20)22(18)27/h3-4,7-8,10-11,13,20H,5-6,9,12,14H2,1-2H3,(H,23,26)/t20-/m1/s1. The Morgan fingerprint density at radius 2 is 2.00 bits per heavy atom. The van der Waals surface area contributed by atoms with Crippen molar-refractivity contribution in [3.8, 4) is 0 Å². The van der Waals surface area contributed by atoms with E-state index in [4.69, 9.17) is 0 Å². The summed E-state index contributed by atoms with van der Waals surface area (Å²) < 4.78 is 0. The molecule has 0 spiro atoms. The van der Waals surface area contributed by atoms with Crippen LogP contribution in [0.15, 0.2) is 42.5 Å². The number of nitrogens with zero attached hydrogens (tertiary/aromatic N) is 2. The van der Waals surface area contributed by atoms with Gasteiger partial charge in [-0.3, -0.25) is 9.59 Å². The molecule has 1 fully saturated rings. The second-order valence-electron chi connectivity index (χ2n) is 7.43. The molecule has 5 heteroatoms. The van der Waals surface area contributed by atoms with Crippen LogP contribution in [0.1, 0.15) is 51.1 Å². The second-order valence-corrected chi connectivity index (χ2v) is 7.43. The van der Waals surface area contributed by atoms with Crippen LogP contribution in [0.3, 0.4) is 0 Å². The minimum atomic E-state index is -0.118. The van der Waals surface area contributed by atoms with Gasteiger partial charge in [0.2, 0.25) is 0 Å². The highest BCUT2D eigenvalue weighted by Gasteiger charge is 2.37. The second kappa shape index (κ2) is 7.06. The molecule has 0 bridgehead atoms. The number of carbonyl (C=O) groups is 2. The first-order valence-corrected chi connectivity index (χ1v) is 9.57. The van der Waals surface area contributed by atoms with E-state index >= 15 is 0 Å². The largest absolute Gasteiger partial charge is 0.354 e. The SMILES string of the molecule is Cc1ccccc1CNC(=O)c1ccc2c(c1)N(C)[C@H]1CCCCN1C2=O. The molecule has 2 aliphatic rings. The molecule has 0 saturated carbocycles. The Bertz CT molecular complexity index is 893. The van der Waals surface area contributed by atoms with Crippen molar-refractivity contribution in [3.05, 3.63) is 64.7 Å². The Kier molecular flexibility index (Phi) is 4.60. The lowest BCUT2D eigenvalue weighted by Crippen LogP contribution is -2.55. The number of hydrogen-bond donors (Lipinski definition) is 1. The van der Waals surface area contributed by atoms with Crippen molar-refractivity contribution in [2.45, 2.75) is 38.9 Å². The first-order chi connectivity index (χ1) is 13.1. The van der Waals surface area contributed by atoms with Gasteiger partial charge in [0.15, 0.2) is 0 Å². The topological polar surface area (TPSA) is 52.7 Å². The maximum atomic E-state index is 12.8. The summed E-state index contributed by atoms with van der Waals surface area (Å²) in [6, 6.07) is 13.4. The third kappa shape index (κ3) is 3.18. The summed E-state index contributed by atoms with van der Waals surface area (Å²) >= 11 is 0. The minimum absolute atomic E-state index is 0.0830.